The standard InChI is InChI=1S/C18H16N2O4/c1-22-12-5-10(6-13(8-12)23-2)17-14-4-3-11(21)7-16(14)24-18(20)15(17)9-19/h3-8,17,21H,20H2,1-2H3. The smallest absolute Gasteiger partial charge is 0.205 e. The van der Waals surface area contributed by atoms with E-state index < -0.39 is 5.92 Å². The van der Waals surface area contributed by atoms with Crippen LogP contribution in [0, 0.1) is 11.3 Å². The fourth-order valence-electron chi connectivity index (χ4n) is 2.78. The number of fused-ring (bicyclic) bond motifs is 1. The zero-order valence-electron chi connectivity index (χ0n) is 13.2. The molecule has 0 aromatic heterocycles. The lowest BCUT2D eigenvalue weighted by Crippen LogP contribution is -2.21. The quantitative estimate of drug-likeness (QED) is 0.900. The maximum Gasteiger partial charge on any atom is 0.205 e. The number of nitriles is 1. The zero-order valence-corrected chi connectivity index (χ0v) is 13.2. The number of methoxy groups -OCH3 is 2. The normalized spacial score (nSPS) is 16.0. The molecule has 1 aliphatic rings. The number of aromatic hydroxyl groups is 1. The summed E-state index contributed by atoms with van der Waals surface area (Å²) in [5.74, 6) is 1.26. The van der Waals surface area contributed by atoms with Crippen molar-refractivity contribution >= 4 is 0 Å². The van der Waals surface area contributed by atoms with E-state index in [4.69, 9.17) is 19.9 Å². The van der Waals surface area contributed by atoms with Crippen LogP contribution in [0.25, 0.3) is 0 Å². The molecule has 6 nitrogen and oxygen atoms in total. The second-order valence-electron chi connectivity index (χ2n) is 5.29. The maximum absolute atomic E-state index is 9.68. The number of nitrogens with zero attached hydrogens (tertiary/aromatic N) is 1. The minimum atomic E-state index is -0.441. The molecular formula is C18H16N2O4. The predicted octanol–water partition coefficient (Wildman–Crippen LogP) is 2.63. The Bertz CT molecular complexity index is 846. The molecule has 2 aromatic rings. The molecule has 0 amide bonds. The molecule has 0 radical (unpaired) electrons. The van der Waals surface area contributed by atoms with Crippen LogP contribution >= 0.6 is 0 Å². The number of rotatable bonds is 3. The minimum absolute atomic E-state index is 0.0161. The Balaban J connectivity index is 2.24. The molecule has 122 valence electrons. The van der Waals surface area contributed by atoms with Crippen LogP contribution in [-0.2, 0) is 0 Å². The molecule has 0 saturated heterocycles. The van der Waals surface area contributed by atoms with Crippen LogP contribution in [0.3, 0.4) is 0 Å². The Morgan fingerprint density at radius 3 is 2.38 bits per heavy atom. The van der Waals surface area contributed by atoms with E-state index >= 15 is 0 Å². The minimum Gasteiger partial charge on any atom is -0.508 e. The predicted molar refractivity (Wildman–Crippen MR) is 87.0 cm³/mol. The topological polar surface area (TPSA) is 97.7 Å². The van der Waals surface area contributed by atoms with Crippen molar-refractivity contribution in [1.82, 2.24) is 0 Å². The van der Waals surface area contributed by atoms with Gasteiger partial charge in [0.2, 0.25) is 5.88 Å². The first-order valence-corrected chi connectivity index (χ1v) is 7.20. The van der Waals surface area contributed by atoms with E-state index in [9.17, 15) is 10.4 Å². The van der Waals surface area contributed by atoms with E-state index in [1.807, 2.05) is 12.1 Å². The second kappa shape index (κ2) is 6.05. The van der Waals surface area contributed by atoms with Crippen LogP contribution in [0.5, 0.6) is 23.0 Å². The van der Waals surface area contributed by atoms with Crippen LogP contribution in [0.15, 0.2) is 47.9 Å². The molecule has 24 heavy (non-hydrogen) atoms. The van der Waals surface area contributed by atoms with Gasteiger partial charge in [-0.15, -0.1) is 0 Å². The van der Waals surface area contributed by atoms with E-state index in [-0.39, 0.29) is 11.6 Å². The Kier molecular flexibility index (Phi) is 3.92. The lowest BCUT2D eigenvalue weighted by Gasteiger charge is -2.27. The summed E-state index contributed by atoms with van der Waals surface area (Å²) < 4.78 is 16.1. The van der Waals surface area contributed by atoms with Gasteiger partial charge in [0.1, 0.15) is 34.6 Å². The van der Waals surface area contributed by atoms with Gasteiger partial charge in [0.15, 0.2) is 0 Å². The SMILES string of the molecule is COc1cc(OC)cc(C2C(C#N)=C(N)Oc3cc(O)ccc32)c1. The van der Waals surface area contributed by atoms with Gasteiger partial charge in [-0.1, -0.05) is 6.07 Å². The Morgan fingerprint density at radius 1 is 1.12 bits per heavy atom. The van der Waals surface area contributed by atoms with Gasteiger partial charge in [-0.25, -0.2) is 0 Å². The van der Waals surface area contributed by atoms with Crippen molar-refractivity contribution in [2.45, 2.75) is 5.92 Å². The van der Waals surface area contributed by atoms with Crippen LogP contribution in [0.1, 0.15) is 17.0 Å². The van der Waals surface area contributed by atoms with Crippen molar-refractivity contribution in [3.05, 3.63) is 59.0 Å². The van der Waals surface area contributed by atoms with E-state index in [2.05, 4.69) is 6.07 Å². The monoisotopic (exact) mass is 324 g/mol. The van der Waals surface area contributed by atoms with Gasteiger partial charge < -0.3 is 25.1 Å². The van der Waals surface area contributed by atoms with Crippen LogP contribution in [-0.4, -0.2) is 19.3 Å². The van der Waals surface area contributed by atoms with Gasteiger partial charge in [0, 0.05) is 17.7 Å². The van der Waals surface area contributed by atoms with E-state index in [1.165, 1.54) is 6.07 Å². The molecule has 0 fully saturated rings. The van der Waals surface area contributed by atoms with Crippen molar-refractivity contribution in [2.75, 3.05) is 14.2 Å². The van der Waals surface area contributed by atoms with E-state index in [1.54, 1.807) is 32.4 Å². The van der Waals surface area contributed by atoms with Gasteiger partial charge in [0.25, 0.3) is 0 Å². The lowest BCUT2D eigenvalue weighted by molar-refractivity contribution is 0.384. The molecular weight excluding hydrogens is 308 g/mol. The molecule has 1 heterocycles. The number of hydrogen-bond acceptors (Lipinski definition) is 6. The third-order valence-electron chi connectivity index (χ3n) is 3.91. The molecule has 1 unspecified atom stereocenters. The Labute approximate surface area is 139 Å². The van der Waals surface area contributed by atoms with Gasteiger partial charge in [-0.05, 0) is 23.8 Å². The highest BCUT2D eigenvalue weighted by atomic mass is 16.5. The molecule has 1 atom stereocenters. The first kappa shape index (κ1) is 15.6. The number of nitrogens with two attached hydrogens (primary N) is 1. The van der Waals surface area contributed by atoms with Crippen molar-refractivity contribution in [3.63, 3.8) is 0 Å². The van der Waals surface area contributed by atoms with Crippen molar-refractivity contribution < 1.29 is 19.3 Å². The van der Waals surface area contributed by atoms with Crippen LogP contribution in [0.4, 0.5) is 0 Å². The molecule has 1 aliphatic heterocycles. The second-order valence-corrected chi connectivity index (χ2v) is 5.29. The Morgan fingerprint density at radius 2 is 1.79 bits per heavy atom. The molecule has 3 N–H and O–H groups in total. The highest BCUT2D eigenvalue weighted by Gasteiger charge is 2.31. The molecule has 0 spiro atoms. The molecule has 0 aliphatic carbocycles. The van der Waals surface area contributed by atoms with Crippen LogP contribution in [0.2, 0.25) is 0 Å². The maximum atomic E-state index is 9.68. The summed E-state index contributed by atoms with van der Waals surface area (Å²) >= 11 is 0. The third kappa shape index (κ3) is 2.57. The molecule has 6 heteroatoms. The number of hydrogen-bond donors (Lipinski definition) is 2. The number of allylic oxidation sites excluding steroid dienone is 1. The highest BCUT2D eigenvalue weighted by molar-refractivity contribution is 5.58. The van der Waals surface area contributed by atoms with Gasteiger partial charge in [-0.3, -0.25) is 0 Å². The fourth-order valence-corrected chi connectivity index (χ4v) is 2.78. The lowest BCUT2D eigenvalue weighted by atomic mass is 9.83. The number of ether oxygens (including phenoxy) is 3. The molecule has 0 saturated carbocycles. The summed E-state index contributed by atoms with van der Waals surface area (Å²) in [6.07, 6.45) is 0. The summed E-state index contributed by atoms with van der Waals surface area (Å²) in [4.78, 5) is 0. The highest BCUT2D eigenvalue weighted by Crippen LogP contribution is 2.44. The first-order chi connectivity index (χ1) is 11.6. The van der Waals surface area contributed by atoms with Crippen LogP contribution < -0.4 is 19.9 Å². The Hall–Kier alpha value is -3.33. The van der Waals surface area contributed by atoms with Gasteiger partial charge in [0.05, 0.1) is 20.1 Å². The summed E-state index contributed by atoms with van der Waals surface area (Å²) in [5, 5.41) is 19.2. The molecule has 3 rings (SSSR count). The van der Waals surface area contributed by atoms with E-state index in [0.717, 1.165) is 11.1 Å². The summed E-state index contributed by atoms with van der Waals surface area (Å²) in [6.45, 7) is 0. The summed E-state index contributed by atoms with van der Waals surface area (Å²) in [5.41, 5.74) is 7.72. The number of phenols is 1. The number of phenolic OH excluding ortho intramolecular Hbond substituents is 1. The first-order valence-electron chi connectivity index (χ1n) is 7.20. The van der Waals surface area contributed by atoms with E-state index in [0.29, 0.717) is 22.8 Å². The van der Waals surface area contributed by atoms with Crippen molar-refractivity contribution in [2.24, 2.45) is 5.73 Å². The number of benzene rings is 2. The van der Waals surface area contributed by atoms with Gasteiger partial charge in [-0.2, -0.15) is 5.26 Å². The average Bonchev–Trinajstić information content (AvgIpc) is 2.59. The third-order valence-corrected chi connectivity index (χ3v) is 3.91. The van der Waals surface area contributed by atoms with Crippen molar-refractivity contribution in [3.8, 4) is 29.1 Å². The summed E-state index contributed by atoms with van der Waals surface area (Å²) in [6, 6.07) is 12.2. The zero-order chi connectivity index (χ0) is 17.3. The van der Waals surface area contributed by atoms with Crippen molar-refractivity contribution in [1.29, 1.82) is 5.26 Å². The molecule has 2 aromatic carbocycles. The fraction of sp³-hybridized carbons (Fsp3) is 0.167. The largest absolute Gasteiger partial charge is 0.508 e. The summed E-state index contributed by atoms with van der Waals surface area (Å²) in [7, 11) is 3.12. The van der Waals surface area contributed by atoms with Gasteiger partial charge >= 0.3 is 0 Å². The average molecular weight is 324 g/mol. The molecule has 0 bridgehead atoms.